The summed E-state index contributed by atoms with van der Waals surface area (Å²) in [5.74, 6) is -1.38. The summed E-state index contributed by atoms with van der Waals surface area (Å²) >= 11 is 0. The minimum atomic E-state index is -0.575. The second-order valence-corrected chi connectivity index (χ2v) is 4.51. The Morgan fingerprint density at radius 1 is 1.32 bits per heavy atom. The molecule has 0 N–H and O–H groups in total. The predicted molar refractivity (Wildman–Crippen MR) is 67.1 cm³/mol. The molecule has 0 aliphatic heterocycles. The molecule has 0 bridgehead atoms. The molecule has 0 aliphatic carbocycles. The van der Waals surface area contributed by atoms with Gasteiger partial charge >= 0.3 is 0 Å². The van der Waals surface area contributed by atoms with Crippen LogP contribution in [0.3, 0.4) is 0 Å². The average Bonchev–Trinajstić information content (AvgIpc) is 2.58. The van der Waals surface area contributed by atoms with Gasteiger partial charge in [-0.1, -0.05) is 0 Å². The minimum Gasteiger partial charge on any atom is -0.294 e. The summed E-state index contributed by atoms with van der Waals surface area (Å²) in [6, 6.07) is 3.11. The molecule has 0 saturated heterocycles. The summed E-state index contributed by atoms with van der Waals surface area (Å²) in [5, 5.41) is 4.14. The molecule has 19 heavy (non-hydrogen) atoms. The van der Waals surface area contributed by atoms with E-state index in [-0.39, 0.29) is 17.8 Å². The fourth-order valence-electron chi connectivity index (χ4n) is 2.12. The van der Waals surface area contributed by atoms with Crippen LogP contribution in [0.4, 0.5) is 8.78 Å². The highest BCUT2D eigenvalue weighted by Crippen LogP contribution is 2.17. The summed E-state index contributed by atoms with van der Waals surface area (Å²) in [6.45, 7) is 3.50. The van der Waals surface area contributed by atoms with Crippen molar-refractivity contribution in [1.29, 1.82) is 0 Å². The first-order valence-corrected chi connectivity index (χ1v) is 5.87. The molecule has 0 atom stereocenters. The lowest BCUT2D eigenvalue weighted by molar-refractivity contribution is 0.0990. The monoisotopic (exact) mass is 264 g/mol. The maximum atomic E-state index is 13.5. The van der Waals surface area contributed by atoms with Gasteiger partial charge in [-0.3, -0.25) is 9.48 Å². The van der Waals surface area contributed by atoms with Crippen LogP contribution in [0.5, 0.6) is 0 Å². The summed E-state index contributed by atoms with van der Waals surface area (Å²) in [7, 11) is 1.74. The molecule has 1 heterocycles. The molecule has 100 valence electrons. The van der Waals surface area contributed by atoms with Crippen molar-refractivity contribution in [2.75, 3.05) is 0 Å². The minimum absolute atomic E-state index is 0.0626. The van der Waals surface area contributed by atoms with E-state index < -0.39 is 11.6 Å². The summed E-state index contributed by atoms with van der Waals surface area (Å²) < 4.78 is 28.2. The van der Waals surface area contributed by atoms with E-state index in [1.165, 1.54) is 0 Å². The van der Waals surface area contributed by atoms with E-state index in [0.29, 0.717) is 11.3 Å². The average molecular weight is 264 g/mol. The largest absolute Gasteiger partial charge is 0.294 e. The number of halogens is 2. The molecule has 0 amide bonds. The first kappa shape index (κ1) is 13.4. The third-order valence-electron chi connectivity index (χ3n) is 3.15. The molecule has 0 unspecified atom stereocenters. The van der Waals surface area contributed by atoms with E-state index in [4.69, 9.17) is 0 Å². The van der Waals surface area contributed by atoms with E-state index >= 15 is 0 Å². The van der Waals surface area contributed by atoms with Crippen molar-refractivity contribution in [3.05, 3.63) is 52.3 Å². The van der Waals surface area contributed by atoms with Gasteiger partial charge in [0.1, 0.15) is 11.6 Å². The second-order valence-electron chi connectivity index (χ2n) is 4.51. The number of hydrogen-bond acceptors (Lipinski definition) is 2. The molecule has 2 rings (SSSR count). The Hall–Kier alpha value is -2.04. The SMILES string of the molecule is Cc1nn(C)c(C)c1C(=O)Cc1cc(F)ccc1F. The first-order chi connectivity index (χ1) is 8.90. The maximum Gasteiger partial charge on any atom is 0.171 e. The van der Waals surface area contributed by atoms with Crippen LogP contribution in [-0.4, -0.2) is 15.6 Å². The number of nitrogens with zero attached hydrogens (tertiary/aromatic N) is 2. The van der Waals surface area contributed by atoms with Crippen LogP contribution in [-0.2, 0) is 13.5 Å². The molecule has 0 radical (unpaired) electrons. The van der Waals surface area contributed by atoms with Crippen molar-refractivity contribution in [1.82, 2.24) is 9.78 Å². The fourth-order valence-corrected chi connectivity index (χ4v) is 2.12. The van der Waals surface area contributed by atoms with Crippen LogP contribution >= 0.6 is 0 Å². The fraction of sp³-hybridized carbons (Fsp3) is 0.286. The van der Waals surface area contributed by atoms with Gasteiger partial charge in [0.15, 0.2) is 5.78 Å². The molecule has 0 fully saturated rings. The summed E-state index contributed by atoms with van der Waals surface area (Å²) in [6.07, 6.45) is -0.170. The topological polar surface area (TPSA) is 34.9 Å². The van der Waals surface area contributed by atoms with E-state index in [1.54, 1.807) is 25.6 Å². The third kappa shape index (κ3) is 2.54. The summed E-state index contributed by atoms with van der Waals surface area (Å²) in [4.78, 5) is 12.2. The van der Waals surface area contributed by atoms with E-state index in [0.717, 1.165) is 23.9 Å². The van der Waals surface area contributed by atoms with Crippen LogP contribution < -0.4 is 0 Å². The Labute approximate surface area is 109 Å². The number of benzene rings is 1. The number of aryl methyl sites for hydroxylation is 2. The lowest BCUT2D eigenvalue weighted by atomic mass is 10.0. The Kier molecular flexibility index (Phi) is 3.46. The smallest absolute Gasteiger partial charge is 0.171 e. The van der Waals surface area contributed by atoms with Gasteiger partial charge in [-0.05, 0) is 37.6 Å². The van der Waals surface area contributed by atoms with E-state index in [1.807, 2.05) is 0 Å². The lowest BCUT2D eigenvalue weighted by Crippen LogP contribution is -2.08. The van der Waals surface area contributed by atoms with Gasteiger partial charge in [-0.25, -0.2) is 8.78 Å². The Morgan fingerprint density at radius 3 is 2.58 bits per heavy atom. The van der Waals surface area contributed by atoms with Gasteiger partial charge < -0.3 is 0 Å². The number of ketones is 1. The Balaban J connectivity index is 2.33. The van der Waals surface area contributed by atoms with Gasteiger partial charge in [0.05, 0.1) is 11.3 Å². The van der Waals surface area contributed by atoms with E-state index in [2.05, 4.69) is 5.10 Å². The van der Waals surface area contributed by atoms with Crippen molar-refractivity contribution in [3.8, 4) is 0 Å². The van der Waals surface area contributed by atoms with Crippen LogP contribution in [0.1, 0.15) is 27.3 Å². The molecule has 5 heteroatoms. The van der Waals surface area contributed by atoms with Crippen LogP contribution in [0, 0.1) is 25.5 Å². The normalized spacial score (nSPS) is 10.8. The van der Waals surface area contributed by atoms with Crippen LogP contribution in [0.2, 0.25) is 0 Å². The number of hydrogen-bond donors (Lipinski definition) is 0. The third-order valence-corrected chi connectivity index (χ3v) is 3.15. The van der Waals surface area contributed by atoms with Crippen molar-refractivity contribution in [2.24, 2.45) is 7.05 Å². The number of Topliss-reactive ketones (excluding diaryl/α,β-unsaturated/α-hetero) is 1. The van der Waals surface area contributed by atoms with Gasteiger partial charge in [-0.2, -0.15) is 5.10 Å². The van der Waals surface area contributed by atoms with Gasteiger partial charge in [0.2, 0.25) is 0 Å². The van der Waals surface area contributed by atoms with Gasteiger partial charge in [-0.15, -0.1) is 0 Å². The van der Waals surface area contributed by atoms with Crippen LogP contribution in [0.15, 0.2) is 18.2 Å². The van der Waals surface area contributed by atoms with Gasteiger partial charge in [0.25, 0.3) is 0 Å². The van der Waals surface area contributed by atoms with Gasteiger partial charge in [0, 0.05) is 19.2 Å². The zero-order chi connectivity index (χ0) is 14.2. The Bertz CT molecular complexity index is 647. The maximum absolute atomic E-state index is 13.5. The zero-order valence-electron chi connectivity index (χ0n) is 11.0. The van der Waals surface area contributed by atoms with Crippen molar-refractivity contribution < 1.29 is 13.6 Å². The number of rotatable bonds is 3. The lowest BCUT2D eigenvalue weighted by Gasteiger charge is -2.04. The van der Waals surface area contributed by atoms with E-state index in [9.17, 15) is 13.6 Å². The molecule has 2 aromatic rings. The van der Waals surface area contributed by atoms with Crippen molar-refractivity contribution in [3.63, 3.8) is 0 Å². The molecule has 1 aromatic heterocycles. The summed E-state index contributed by atoms with van der Waals surface area (Å²) in [5.41, 5.74) is 1.86. The standard InChI is InChI=1S/C14H14F2N2O/c1-8-14(9(2)18(3)17-8)13(19)7-10-6-11(15)4-5-12(10)16/h4-6H,7H2,1-3H3. The first-order valence-electron chi connectivity index (χ1n) is 5.87. The highest BCUT2D eigenvalue weighted by molar-refractivity contribution is 5.99. The zero-order valence-corrected chi connectivity index (χ0v) is 11.0. The molecule has 0 aliphatic rings. The highest BCUT2D eigenvalue weighted by Gasteiger charge is 2.19. The number of aromatic nitrogens is 2. The highest BCUT2D eigenvalue weighted by atomic mass is 19.1. The van der Waals surface area contributed by atoms with Crippen LogP contribution in [0.25, 0.3) is 0 Å². The molecule has 3 nitrogen and oxygen atoms in total. The second kappa shape index (κ2) is 4.91. The van der Waals surface area contributed by atoms with Crippen molar-refractivity contribution in [2.45, 2.75) is 20.3 Å². The predicted octanol–water partition coefficient (Wildman–Crippen LogP) is 2.74. The van der Waals surface area contributed by atoms with Crippen molar-refractivity contribution >= 4 is 5.78 Å². The number of carbonyl (C=O) groups is 1. The molecule has 0 spiro atoms. The Morgan fingerprint density at radius 2 is 2.00 bits per heavy atom. The number of carbonyl (C=O) groups excluding carboxylic acids is 1. The molecular formula is C14H14F2N2O. The quantitative estimate of drug-likeness (QED) is 0.799. The molecule has 0 saturated carbocycles. The molecular weight excluding hydrogens is 250 g/mol. The molecule has 1 aromatic carbocycles.